The largest absolute Gasteiger partial charge is 0.467 e. The Morgan fingerprint density at radius 3 is 2.39 bits per heavy atom. The number of aromatic nitrogens is 1. The highest BCUT2D eigenvalue weighted by Gasteiger charge is 2.34. The molecule has 1 aromatic heterocycles. The fourth-order valence-electron chi connectivity index (χ4n) is 3.14. The molecule has 0 radical (unpaired) electrons. The molecule has 1 saturated heterocycles. The lowest BCUT2D eigenvalue weighted by Crippen LogP contribution is -2.42. The number of benzene rings is 2. The fraction of sp³-hybridized carbons (Fsp3) is 0.278. The van der Waals surface area contributed by atoms with Gasteiger partial charge in [-0.25, -0.2) is 22.2 Å². The maximum absolute atomic E-state index is 13.9. The standard InChI is InChI=1S/C18H15ClF2N2O3S2/c19-12-3-1-6-15-16(12)22-18(27-15)26-11-7-9-23(10-8-11)28(24,25)17-13(20)4-2-5-14(17)21/h1-6,11H,7-10H2. The van der Waals surface area contributed by atoms with E-state index in [9.17, 15) is 17.2 Å². The summed E-state index contributed by atoms with van der Waals surface area (Å²) < 4.78 is 61.0. The second-order valence-electron chi connectivity index (χ2n) is 6.34. The predicted molar refractivity (Wildman–Crippen MR) is 103 cm³/mol. The fourth-order valence-corrected chi connectivity index (χ4v) is 5.90. The van der Waals surface area contributed by atoms with Crippen LogP contribution in [0.1, 0.15) is 12.8 Å². The van der Waals surface area contributed by atoms with Crippen LogP contribution in [0.4, 0.5) is 8.78 Å². The van der Waals surface area contributed by atoms with Gasteiger partial charge in [0.05, 0.1) is 9.72 Å². The molecule has 0 atom stereocenters. The van der Waals surface area contributed by atoms with Crippen molar-refractivity contribution >= 4 is 43.2 Å². The summed E-state index contributed by atoms with van der Waals surface area (Å²) in [5.74, 6) is -2.19. The zero-order chi connectivity index (χ0) is 19.9. The van der Waals surface area contributed by atoms with Gasteiger partial charge in [0.1, 0.15) is 23.3 Å². The van der Waals surface area contributed by atoms with E-state index in [1.807, 2.05) is 12.1 Å². The lowest BCUT2D eigenvalue weighted by Gasteiger charge is -2.30. The van der Waals surface area contributed by atoms with E-state index in [4.69, 9.17) is 16.3 Å². The second kappa shape index (κ2) is 7.55. The average Bonchev–Trinajstić information content (AvgIpc) is 3.06. The average molecular weight is 445 g/mol. The Labute approximate surface area is 169 Å². The topological polar surface area (TPSA) is 59.5 Å². The van der Waals surface area contributed by atoms with Crippen LogP contribution >= 0.6 is 22.9 Å². The van der Waals surface area contributed by atoms with Gasteiger partial charge in [0.15, 0.2) is 4.90 Å². The molecule has 0 bridgehead atoms. The van der Waals surface area contributed by atoms with Crippen molar-refractivity contribution in [2.24, 2.45) is 0 Å². The van der Waals surface area contributed by atoms with Gasteiger partial charge in [-0.05, 0) is 37.1 Å². The van der Waals surface area contributed by atoms with Crippen molar-refractivity contribution in [1.29, 1.82) is 0 Å². The lowest BCUT2D eigenvalue weighted by atomic mass is 10.1. The van der Waals surface area contributed by atoms with Crippen molar-refractivity contribution < 1.29 is 21.9 Å². The Balaban J connectivity index is 1.46. The summed E-state index contributed by atoms with van der Waals surface area (Å²) in [6.45, 7) is 0.207. The van der Waals surface area contributed by atoms with Crippen molar-refractivity contribution in [3.05, 3.63) is 53.1 Å². The van der Waals surface area contributed by atoms with Crippen molar-refractivity contribution in [3.8, 4) is 5.19 Å². The van der Waals surface area contributed by atoms with Gasteiger partial charge in [-0.15, -0.1) is 0 Å². The SMILES string of the molecule is O=S(=O)(c1c(F)cccc1F)N1CCC(Oc2nc3c(Cl)cccc3s2)CC1. The van der Waals surface area contributed by atoms with Crippen LogP contribution in [0.25, 0.3) is 10.2 Å². The van der Waals surface area contributed by atoms with Crippen LogP contribution in [0.3, 0.4) is 0 Å². The van der Waals surface area contributed by atoms with E-state index >= 15 is 0 Å². The van der Waals surface area contributed by atoms with Gasteiger partial charge in [0.2, 0.25) is 10.0 Å². The summed E-state index contributed by atoms with van der Waals surface area (Å²) in [5.41, 5.74) is 0.666. The highest BCUT2D eigenvalue weighted by Crippen LogP contribution is 2.34. The molecule has 3 aromatic rings. The minimum Gasteiger partial charge on any atom is -0.467 e. The van der Waals surface area contributed by atoms with Crippen LogP contribution in [-0.2, 0) is 10.0 Å². The van der Waals surface area contributed by atoms with E-state index in [0.29, 0.717) is 28.6 Å². The Kier molecular flexibility index (Phi) is 5.26. The summed E-state index contributed by atoms with van der Waals surface area (Å²) in [6.07, 6.45) is 0.536. The van der Waals surface area contributed by atoms with Crippen LogP contribution in [0.5, 0.6) is 5.19 Å². The Morgan fingerprint density at radius 1 is 1.11 bits per heavy atom. The molecule has 28 heavy (non-hydrogen) atoms. The number of piperidine rings is 1. The van der Waals surface area contributed by atoms with Gasteiger partial charge in [-0.2, -0.15) is 4.31 Å². The third kappa shape index (κ3) is 3.59. The molecule has 0 amide bonds. The Morgan fingerprint density at radius 2 is 1.75 bits per heavy atom. The van der Waals surface area contributed by atoms with Gasteiger partial charge in [-0.1, -0.05) is 35.1 Å². The summed E-state index contributed by atoms with van der Waals surface area (Å²) in [4.78, 5) is 3.47. The number of hydrogen-bond acceptors (Lipinski definition) is 5. The zero-order valence-corrected chi connectivity index (χ0v) is 16.8. The normalized spacial score (nSPS) is 16.5. The monoisotopic (exact) mass is 444 g/mol. The van der Waals surface area contributed by atoms with Crippen LogP contribution in [0.2, 0.25) is 5.02 Å². The maximum atomic E-state index is 13.9. The van der Waals surface area contributed by atoms with Gasteiger partial charge in [0, 0.05) is 13.1 Å². The third-order valence-corrected chi connectivity index (χ3v) is 7.70. The number of thiazole rings is 1. The van der Waals surface area contributed by atoms with E-state index < -0.39 is 26.6 Å². The number of nitrogens with zero attached hydrogens (tertiary/aromatic N) is 2. The summed E-state index contributed by atoms with van der Waals surface area (Å²) in [5, 5.41) is 1.00. The van der Waals surface area contributed by atoms with Gasteiger partial charge >= 0.3 is 0 Å². The zero-order valence-electron chi connectivity index (χ0n) is 14.4. The first-order valence-corrected chi connectivity index (χ1v) is 11.2. The molecule has 0 aliphatic carbocycles. The van der Waals surface area contributed by atoms with Crippen LogP contribution < -0.4 is 4.74 Å². The van der Waals surface area contributed by atoms with Crippen LogP contribution in [0.15, 0.2) is 41.3 Å². The quantitative estimate of drug-likeness (QED) is 0.596. The molecule has 148 valence electrons. The third-order valence-electron chi connectivity index (χ3n) is 4.54. The van der Waals surface area contributed by atoms with E-state index in [-0.39, 0.29) is 19.2 Å². The molecule has 2 heterocycles. The van der Waals surface area contributed by atoms with Crippen molar-refractivity contribution in [3.63, 3.8) is 0 Å². The lowest BCUT2D eigenvalue weighted by molar-refractivity contribution is 0.135. The first-order valence-electron chi connectivity index (χ1n) is 8.52. The molecule has 0 unspecified atom stereocenters. The van der Waals surface area contributed by atoms with E-state index in [1.165, 1.54) is 11.3 Å². The first kappa shape index (κ1) is 19.5. The van der Waals surface area contributed by atoms with Crippen LogP contribution in [-0.4, -0.2) is 36.9 Å². The molecule has 4 rings (SSSR count). The molecule has 5 nitrogen and oxygen atoms in total. The molecular weight excluding hydrogens is 430 g/mol. The maximum Gasteiger partial charge on any atom is 0.274 e. The number of hydrogen-bond donors (Lipinski definition) is 0. The van der Waals surface area contributed by atoms with E-state index in [2.05, 4.69) is 4.98 Å². The molecule has 0 saturated carbocycles. The predicted octanol–water partition coefficient (Wildman–Crippen LogP) is 4.46. The molecule has 0 spiro atoms. The minimum atomic E-state index is -4.25. The minimum absolute atomic E-state index is 0.104. The second-order valence-corrected chi connectivity index (χ2v) is 9.61. The number of para-hydroxylation sites is 1. The van der Waals surface area contributed by atoms with Gasteiger partial charge in [-0.3, -0.25) is 0 Å². The summed E-state index contributed by atoms with van der Waals surface area (Å²) in [6, 6.07) is 8.47. The van der Waals surface area contributed by atoms with Crippen molar-refractivity contribution in [2.45, 2.75) is 23.8 Å². The Bertz CT molecular complexity index is 1110. The highest BCUT2D eigenvalue weighted by atomic mass is 35.5. The molecule has 2 aromatic carbocycles. The van der Waals surface area contributed by atoms with Crippen LogP contribution in [0, 0.1) is 11.6 Å². The number of rotatable bonds is 4. The summed E-state index contributed by atoms with van der Waals surface area (Å²) >= 11 is 7.48. The molecular formula is C18H15ClF2N2O3S2. The molecule has 1 aliphatic heterocycles. The van der Waals surface area contributed by atoms with Crippen molar-refractivity contribution in [1.82, 2.24) is 9.29 Å². The number of ether oxygens (including phenoxy) is 1. The van der Waals surface area contributed by atoms with Gasteiger partial charge in [0.25, 0.3) is 5.19 Å². The first-order chi connectivity index (χ1) is 13.4. The molecule has 10 heteroatoms. The highest BCUT2D eigenvalue weighted by molar-refractivity contribution is 7.89. The number of fused-ring (bicyclic) bond motifs is 1. The van der Waals surface area contributed by atoms with E-state index in [1.54, 1.807) is 6.07 Å². The summed E-state index contributed by atoms with van der Waals surface area (Å²) in [7, 11) is -4.25. The smallest absolute Gasteiger partial charge is 0.274 e. The van der Waals surface area contributed by atoms with Gasteiger partial charge < -0.3 is 4.74 Å². The number of sulfonamides is 1. The van der Waals surface area contributed by atoms with Crippen molar-refractivity contribution in [2.75, 3.05) is 13.1 Å². The Hall–Kier alpha value is -1.81. The molecule has 0 N–H and O–H groups in total. The molecule has 1 fully saturated rings. The van der Waals surface area contributed by atoms with E-state index in [0.717, 1.165) is 27.2 Å². The number of halogens is 3. The molecule has 1 aliphatic rings.